The van der Waals surface area contributed by atoms with E-state index >= 15 is 0 Å². The van der Waals surface area contributed by atoms with Crippen LogP contribution < -0.4 is 0 Å². The number of aromatic nitrogens is 2. The minimum atomic E-state index is 0.223. The molecule has 0 aliphatic heterocycles. The van der Waals surface area contributed by atoms with E-state index in [-0.39, 0.29) is 6.61 Å². The molecule has 0 fully saturated rings. The van der Waals surface area contributed by atoms with Gasteiger partial charge in [-0.05, 0) is 18.4 Å². The van der Waals surface area contributed by atoms with Gasteiger partial charge < -0.3 is 5.11 Å². The van der Waals surface area contributed by atoms with Gasteiger partial charge in [-0.15, -0.1) is 6.42 Å². The molecule has 0 saturated heterocycles. The zero-order valence-electron chi connectivity index (χ0n) is 6.90. The van der Waals surface area contributed by atoms with Crippen molar-refractivity contribution in [2.24, 2.45) is 0 Å². The van der Waals surface area contributed by atoms with Crippen LogP contribution in [0.15, 0.2) is 12.4 Å². The SMILES string of the molecule is C#CCn1cc(CCCO)cn1. The molecule has 1 heterocycles. The number of rotatable bonds is 4. The van der Waals surface area contributed by atoms with E-state index in [4.69, 9.17) is 11.5 Å². The van der Waals surface area contributed by atoms with Gasteiger partial charge in [0.25, 0.3) is 0 Å². The molecule has 1 rings (SSSR count). The van der Waals surface area contributed by atoms with Crippen molar-refractivity contribution < 1.29 is 5.11 Å². The van der Waals surface area contributed by atoms with E-state index in [2.05, 4.69) is 11.0 Å². The number of nitrogens with zero attached hydrogens (tertiary/aromatic N) is 2. The second-order valence-electron chi connectivity index (χ2n) is 2.58. The molecule has 0 aliphatic carbocycles. The van der Waals surface area contributed by atoms with E-state index in [0.717, 1.165) is 18.4 Å². The molecule has 0 bridgehead atoms. The molecule has 0 amide bonds. The Hall–Kier alpha value is -1.27. The molecule has 12 heavy (non-hydrogen) atoms. The highest BCUT2D eigenvalue weighted by Gasteiger charge is 1.96. The van der Waals surface area contributed by atoms with Crippen molar-refractivity contribution in [3.63, 3.8) is 0 Å². The van der Waals surface area contributed by atoms with Crippen molar-refractivity contribution in [3.8, 4) is 12.3 Å². The van der Waals surface area contributed by atoms with Gasteiger partial charge in [-0.25, -0.2) is 0 Å². The van der Waals surface area contributed by atoms with Gasteiger partial charge in [0, 0.05) is 12.8 Å². The minimum absolute atomic E-state index is 0.223. The van der Waals surface area contributed by atoms with E-state index in [1.54, 1.807) is 10.9 Å². The Morgan fingerprint density at radius 3 is 3.17 bits per heavy atom. The number of hydrogen-bond donors (Lipinski definition) is 1. The van der Waals surface area contributed by atoms with Gasteiger partial charge in [-0.1, -0.05) is 5.92 Å². The summed E-state index contributed by atoms with van der Waals surface area (Å²) in [5, 5.41) is 12.6. The lowest BCUT2D eigenvalue weighted by molar-refractivity contribution is 0.288. The molecular weight excluding hydrogens is 152 g/mol. The van der Waals surface area contributed by atoms with Crippen LogP contribution in [0.3, 0.4) is 0 Å². The second-order valence-corrected chi connectivity index (χ2v) is 2.58. The molecule has 1 aromatic rings. The molecule has 64 valence electrons. The smallest absolute Gasteiger partial charge is 0.101 e. The van der Waals surface area contributed by atoms with Crippen LogP contribution >= 0.6 is 0 Å². The van der Waals surface area contributed by atoms with Crippen molar-refractivity contribution in [2.45, 2.75) is 19.4 Å². The third-order valence-electron chi connectivity index (χ3n) is 1.56. The summed E-state index contributed by atoms with van der Waals surface area (Å²) in [6.07, 6.45) is 10.5. The average Bonchev–Trinajstić information content (AvgIpc) is 2.50. The predicted octanol–water partition coefficient (Wildman–Crippen LogP) is 0.441. The molecule has 0 aromatic carbocycles. The highest BCUT2D eigenvalue weighted by atomic mass is 16.2. The van der Waals surface area contributed by atoms with Crippen molar-refractivity contribution in [2.75, 3.05) is 6.61 Å². The third kappa shape index (κ3) is 2.40. The lowest BCUT2D eigenvalue weighted by atomic mass is 10.2. The maximum Gasteiger partial charge on any atom is 0.101 e. The van der Waals surface area contributed by atoms with Crippen LogP contribution in [0.25, 0.3) is 0 Å². The summed E-state index contributed by atoms with van der Waals surface area (Å²) in [7, 11) is 0. The molecule has 0 atom stereocenters. The first-order chi connectivity index (χ1) is 5.86. The molecular formula is C9H12N2O. The highest BCUT2D eigenvalue weighted by Crippen LogP contribution is 2.00. The molecule has 0 radical (unpaired) electrons. The fraction of sp³-hybridized carbons (Fsp3) is 0.444. The van der Waals surface area contributed by atoms with Crippen LogP contribution in [0.5, 0.6) is 0 Å². The van der Waals surface area contributed by atoms with Gasteiger partial charge >= 0.3 is 0 Å². The van der Waals surface area contributed by atoms with Crippen molar-refractivity contribution in [1.29, 1.82) is 0 Å². The molecule has 0 saturated carbocycles. The number of aliphatic hydroxyl groups is 1. The molecule has 3 nitrogen and oxygen atoms in total. The highest BCUT2D eigenvalue weighted by molar-refractivity contribution is 5.04. The standard InChI is InChI=1S/C9H12N2O/c1-2-5-11-8-9(7-10-11)4-3-6-12/h1,7-8,12H,3-6H2. The fourth-order valence-electron chi connectivity index (χ4n) is 0.999. The number of aryl methyl sites for hydroxylation is 1. The van der Waals surface area contributed by atoms with Crippen LogP contribution in [0.1, 0.15) is 12.0 Å². The topological polar surface area (TPSA) is 38.0 Å². The van der Waals surface area contributed by atoms with Crippen LogP contribution in [-0.2, 0) is 13.0 Å². The first-order valence-corrected chi connectivity index (χ1v) is 3.92. The van der Waals surface area contributed by atoms with E-state index in [1.165, 1.54) is 0 Å². The normalized spacial score (nSPS) is 9.67. The van der Waals surface area contributed by atoms with Crippen LogP contribution in [0.4, 0.5) is 0 Å². The Morgan fingerprint density at radius 1 is 1.67 bits per heavy atom. The van der Waals surface area contributed by atoms with Crippen molar-refractivity contribution in [1.82, 2.24) is 9.78 Å². The summed E-state index contributed by atoms with van der Waals surface area (Å²) in [5.74, 6) is 2.50. The Morgan fingerprint density at radius 2 is 2.50 bits per heavy atom. The quantitative estimate of drug-likeness (QED) is 0.656. The van der Waals surface area contributed by atoms with Crippen molar-refractivity contribution in [3.05, 3.63) is 18.0 Å². The van der Waals surface area contributed by atoms with Crippen LogP contribution in [-0.4, -0.2) is 21.5 Å². The first-order valence-electron chi connectivity index (χ1n) is 3.92. The number of terminal acetylenes is 1. The van der Waals surface area contributed by atoms with Gasteiger partial charge in [-0.3, -0.25) is 4.68 Å². The Bertz CT molecular complexity index is 272. The monoisotopic (exact) mass is 164 g/mol. The van der Waals surface area contributed by atoms with Gasteiger partial charge in [-0.2, -0.15) is 5.10 Å². The Kier molecular flexibility index (Phi) is 3.36. The van der Waals surface area contributed by atoms with Gasteiger partial charge in [0.05, 0.1) is 6.20 Å². The summed E-state index contributed by atoms with van der Waals surface area (Å²) in [4.78, 5) is 0. The summed E-state index contributed by atoms with van der Waals surface area (Å²) < 4.78 is 1.71. The fourth-order valence-corrected chi connectivity index (χ4v) is 0.999. The van der Waals surface area contributed by atoms with Gasteiger partial charge in [0.15, 0.2) is 0 Å². The first kappa shape index (κ1) is 8.82. The molecule has 1 aromatic heterocycles. The van der Waals surface area contributed by atoms with Crippen molar-refractivity contribution >= 4 is 0 Å². The molecule has 1 N–H and O–H groups in total. The maximum absolute atomic E-state index is 8.58. The lowest BCUT2D eigenvalue weighted by Crippen LogP contribution is -1.94. The van der Waals surface area contributed by atoms with E-state index in [0.29, 0.717) is 6.54 Å². The number of hydrogen-bond acceptors (Lipinski definition) is 2. The predicted molar refractivity (Wildman–Crippen MR) is 46.5 cm³/mol. The number of aliphatic hydroxyl groups excluding tert-OH is 1. The molecule has 0 spiro atoms. The Labute approximate surface area is 72.0 Å². The van der Waals surface area contributed by atoms with Crippen LogP contribution in [0, 0.1) is 12.3 Å². The van der Waals surface area contributed by atoms with Crippen LogP contribution in [0.2, 0.25) is 0 Å². The summed E-state index contributed by atoms with van der Waals surface area (Å²) in [6, 6.07) is 0. The average molecular weight is 164 g/mol. The maximum atomic E-state index is 8.58. The summed E-state index contributed by atoms with van der Waals surface area (Å²) in [6.45, 7) is 0.736. The lowest BCUT2D eigenvalue weighted by Gasteiger charge is -1.92. The summed E-state index contributed by atoms with van der Waals surface area (Å²) in [5.41, 5.74) is 1.12. The third-order valence-corrected chi connectivity index (χ3v) is 1.56. The van der Waals surface area contributed by atoms with Gasteiger partial charge in [0.2, 0.25) is 0 Å². The zero-order chi connectivity index (χ0) is 8.81. The van der Waals surface area contributed by atoms with Gasteiger partial charge in [0.1, 0.15) is 6.54 Å². The van der Waals surface area contributed by atoms with E-state index in [1.807, 2.05) is 6.20 Å². The Balaban J connectivity index is 2.48. The minimum Gasteiger partial charge on any atom is -0.396 e. The zero-order valence-corrected chi connectivity index (χ0v) is 6.90. The largest absolute Gasteiger partial charge is 0.396 e. The van der Waals surface area contributed by atoms with E-state index < -0.39 is 0 Å². The second kappa shape index (κ2) is 4.58. The summed E-state index contributed by atoms with van der Waals surface area (Å²) >= 11 is 0. The molecule has 0 aliphatic rings. The van der Waals surface area contributed by atoms with E-state index in [9.17, 15) is 0 Å². The molecule has 3 heteroatoms. The molecule has 0 unspecified atom stereocenters.